The molecule has 1 aromatic heterocycles. The fraction of sp³-hybridized carbons (Fsp3) is 0.222. The number of carbonyl (C=O) groups is 1. The van der Waals surface area contributed by atoms with Crippen LogP contribution in [0.25, 0.3) is 10.8 Å². The van der Waals surface area contributed by atoms with Crippen molar-refractivity contribution in [2.75, 3.05) is 18.0 Å². The first-order valence-electron chi connectivity index (χ1n) is 7.74. The molecular formula is C18H17N3OS. The van der Waals surface area contributed by atoms with Gasteiger partial charge in [-0.05, 0) is 23.3 Å². The molecule has 0 saturated carbocycles. The van der Waals surface area contributed by atoms with Crippen LogP contribution in [0, 0.1) is 0 Å². The Morgan fingerprint density at radius 1 is 1.22 bits per heavy atom. The van der Waals surface area contributed by atoms with E-state index in [0.717, 1.165) is 41.0 Å². The number of hydrogen-bond acceptors (Lipinski definition) is 4. The molecule has 2 aromatic carbocycles. The molecule has 1 fully saturated rings. The van der Waals surface area contributed by atoms with E-state index in [-0.39, 0.29) is 11.9 Å². The van der Waals surface area contributed by atoms with Crippen molar-refractivity contribution in [2.24, 2.45) is 0 Å². The zero-order valence-corrected chi connectivity index (χ0v) is 13.4. The molecule has 23 heavy (non-hydrogen) atoms. The maximum atomic E-state index is 12.7. The molecule has 5 heteroatoms. The molecule has 1 N–H and O–H groups in total. The van der Waals surface area contributed by atoms with Crippen LogP contribution in [-0.2, 0) is 0 Å². The van der Waals surface area contributed by atoms with Gasteiger partial charge in [-0.1, -0.05) is 36.4 Å². The highest BCUT2D eigenvalue weighted by atomic mass is 32.1. The molecule has 1 atom stereocenters. The lowest BCUT2D eigenvalue weighted by molar-refractivity contribution is 0.0942. The van der Waals surface area contributed by atoms with Crippen molar-refractivity contribution in [3.8, 4) is 0 Å². The van der Waals surface area contributed by atoms with E-state index in [2.05, 4.69) is 15.2 Å². The largest absolute Gasteiger partial charge is 0.347 e. The topological polar surface area (TPSA) is 45.2 Å². The Bertz CT molecular complexity index is 826. The zero-order valence-electron chi connectivity index (χ0n) is 12.6. The summed E-state index contributed by atoms with van der Waals surface area (Å²) >= 11 is 1.64. The minimum atomic E-state index is 0.00721. The first kappa shape index (κ1) is 14.2. The van der Waals surface area contributed by atoms with E-state index in [9.17, 15) is 4.79 Å². The molecule has 2 heterocycles. The second kappa shape index (κ2) is 6.01. The van der Waals surface area contributed by atoms with Gasteiger partial charge in [0.15, 0.2) is 5.13 Å². The van der Waals surface area contributed by atoms with Crippen LogP contribution >= 0.6 is 11.3 Å². The summed E-state index contributed by atoms with van der Waals surface area (Å²) in [6.45, 7) is 1.76. The Morgan fingerprint density at radius 2 is 2.09 bits per heavy atom. The molecule has 0 aliphatic carbocycles. The number of rotatable bonds is 3. The van der Waals surface area contributed by atoms with Crippen molar-refractivity contribution in [3.63, 3.8) is 0 Å². The zero-order chi connectivity index (χ0) is 15.6. The Labute approximate surface area is 138 Å². The monoisotopic (exact) mass is 323 g/mol. The molecule has 3 aromatic rings. The number of carbonyl (C=O) groups excluding carboxylic acids is 1. The predicted molar refractivity (Wildman–Crippen MR) is 94.1 cm³/mol. The van der Waals surface area contributed by atoms with Gasteiger partial charge in [0.25, 0.3) is 5.91 Å². The summed E-state index contributed by atoms with van der Waals surface area (Å²) in [7, 11) is 0. The van der Waals surface area contributed by atoms with E-state index in [1.165, 1.54) is 0 Å². The van der Waals surface area contributed by atoms with Crippen molar-refractivity contribution in [1.82, 2.24) is 10.3 Å². The van der Waals surface area contributed by atoms with Gasteiger partial charge >= 0.3 is 0 Å². The Hall–Kier alpha value is -2.40. The molecule has 4 nitrogen and oxygen atoms in total. The van der Waals surface area contributed by atoms with Crippen LogP contribution in [0.2, 0.25) is 0 Å². The quantitative estimate of drug-likeness (QED) is 0.804. The summed E-state index contributed by atoms with van der Waals surface area (Å²) in [5.74, 6) is 0.00721. The molecule has 0 radical (unpaired) electrons. The van der Waals surface area contributed by atoms with Gasteiger partial charge < -0.3 is 10.2 Å². The summed E-state index contributed by atoms with van der Waals surface area (Å²) in [6.07, 6.45) is 2.78. The molecule has 1 aliphatic heterocycles. The molecule has 116 valence electrons. The van der Waals surface area contributed by atoms with E-state index in [1.807, 2.05) is 54.0 Å². The number of hydrogen-bond donors (Lipinski definition) is 1. The van der Waals surface area contributed by atoms with Crippen LogP contribution in [0.4, 0.5) is 5.13 Å². The highest BCUT2D eigenvalue weighted by Gasteiger charge is 2.26. The van der Waals surface area contributed by atoms with Gasteiger partial charge in [0.2, 0.25) is 0 Å². The van der Waals surface area contributed by atoms with E-state index >= 15 is 0 Å². The molecule has 0 spiro atoms. The number of thiazole rings is 1. The summed E-state index contributed by atoms with van der Waals surface area (Å²) in [4.78, 5) is 19.2. The SMILES string of the molecule is O=C(NC1CCN(c2nccs2)C1)c1cccc2ccccc12. The summed E-state index contributed by atoms with van der Waals surface area (Å²) in [5.41, 5.74) is 0.746. The van der Waals surface area contributed by atoms with Crippen molar-refractivity contribution in [1.29, 1.82) is 0 Å². The van der Waals surface area contributed by atoms with Crippen LogP contribution in [0.5, 0.6) is 0 Å². The number of fused-ring (bicyclic) bond motifs is 1. The third-order valence-corrected chi connectivity index (χ3v) is 5.08. The first-order valence-corrected chi connectivity index (χ1v) is 8.62. The van der Waals surface area contributed by atoms with Crippen molar-refractivity contribution >= 4 is 33.1 Å². The maximum Gasteiger partial charge on any atom is 0.252 e. The van der Waals surface area contributed by atoms with E-state index < -0.39 is 0 Å². The number of nitrogens with one attached hydrogen (secondary N) is 1. The van der Waals surface area contributed by atoms with E-state index in [0.29, 0.717) is 0 Å². The first-order chi connectivity index (χ1) is 11.3. The minimum Gasteiger partial charge on any atom is -0.347 e. The number of aromatic nitrogens is 1. The fourth-order valence-electron chi connectivity index (χ4n) is 3.11. The summed E-state index contributed by atoms with van der Waals surface area (Å²) < 4.78 is 0. The Balaban J connectivity index is 1.50. The van der Waals surface area contributed by atoms with Crippen LogP contribution in [0.1, 0.15) is 16.8 Å². The lowest BCUT2D eigenvalue weighted by Crippen LogP contribution is -2.37. The van der Waals surface area contributed by atoms with Crippen molar-refractivity contribution in [3.05, 3.63) is 59.6 Å². The van der Waals surface area contributed by atoms with E-state index in [1.54, 1.807) is 11.3 Å². The molecule has 0 bridgehead atoms. The number of amides is 1. The molecule has 1 unspecified atom stereocenters. The van der Waals surface area contributed by atoms with Gasteiger partial charge in [-0.15, -0.1) is 11.3 Å². The molecule has 1 saturated heterocycles. The Morgan fingerprint density at radius 3 is 2.96 bits per heavy atom. The van der Waals surface area contributed by atoms with Gasteiger partial charge in [0.1, 0.15) is 0 Å². The van der Waals surface area contributed by atoms with Crippen molar-refractivity contribution in [2.45, 2.75) is 12.5 Å². The third-order valence-electron chi connectivity index (χ3n) is 4.25. The highest BCUT2D eigenvalue weighted by molar-refractivity contribution is 7.13. The average Bonchev–Trinajstić information content (AvgIpc) is 3.25. The normalized spacial score (nSPS) is 17.6. The fourth-order valence-corrected chi connectivity index (χ4v) is 3.79. The van der Waals surface area contributed by atoms with E-state index in [4.69, 9.17) is 0 Å². The molecule has 1 aliphatic rings. The third kappa shape index (κ3) is 2.80. The second-order valence-electron chi connectivity index (χ2n) is 5.75. The molecular weight excluding hydrogens is 306 g/mol. The average molecular weight is 323 g/mol. The van der Waals surface area contributed by atoms with Crippen LogP contribution in [0.15, 0.2) is 54.0 Å². The predicted octanol–water partition coefficient (Wildman–Crippen LogP) is 3.31. The number of nitrogens with zero attached hydrogens (tertiary/aromatic N) is 2. The number of anilines is 1. The van der Waals surface area contributed by atoms with Gasteiger partial charge in [0.05, 0.1) is 0 Å². The second-order valence-corrected chi connectivity index (χ2v) is 6.62. The smallest absolute Gasteiger partial charge is 0.252 e. The minimum absolute atomic E-state index is 0.00721. The van der Waals surface area contributed by atoms with Crippen LogP contribution in [0.3, 0.4) is 0 Å². The van der Waals surface area contributed by atoms with Crippen molar-refractivity contribution < 1.29 is 4.79 Å². The lowest BCUT2D eigenvalue weighted by atomic mass is 10.0. The van der Waals surface area contributed by atoms with Gasteiger partial charge in [0, 0.05) is 36.3 Å². The lowest BCUT2D eigenvalue weighted by Gasteiger charge is -2.16. The highest BCUT2D eigenvalue weighted by Crippen LogP contribution is 2.23. The molecule has 1 amide bonds. The summed E-state index contributed by atoms with van der Waals surface area (Å²) in [5, 5.41) is 8.29. The number of benzene rings is 2. The van der Waals surface area contributed by atoms with Gasteiger partial charge in [-0.25, -0.2) is 4.98 Å². The molecule has 4 rings (SSSR count). The Kier molecular flexibility index (Phi) is 3.71. The van der Waals surface area contributed by atoms with Crippen LogP contribution in [-0.4, -0.2) is 30.0 Å². The van der Waals surface area contributed by atoms with Gasteiger partial charge in [-0.3, -0.25) is 4.79 Å². The van der Waals surface area contributed by atoms with Crippen LogP contribution < -0.4 is 10.2 Å². The maximum absolute atomic E-state index is 12.7. The summed E-state index contributed by atoms with van der Waals surface area (Å²) in [6, 6.07) is 14.0. The standard InChI is InChI=1S/C18H17N3OS/c22-17(16-7-3-5-13-4-1-2-6-15(13)16)20-14-8-10-21(12-14)18-19-9-11-23-18/h1-7,9,11,14H,8,10,12H2,(H,20,22). The van der Waals surface area contributed by atoms with Gasteiger partial charge in [-0.2, -0.15) is 0 Å².